The van der Waals surface area contributed by atoms with E-state index in [-0.39, 0.29) is 5.56 Å². The van der Waals surface area contributed by atoms with Crippen LogP contribution in [-0.2, 0) is 15.7 Å². The smallest absolute Gasteiger partial charge is 0.416 e. The van der Waals surface area contributed by atoms with Gasteiger partial charge >= 0.3 is 12.1 Å². The number of esters is 1. The van der Waals surface area contributed by atoms with E-state index in [4.69, 9.17) is 0 Å². The number of carbonyl (C=O) groups excluding carboxylic acids is 1. The number of alkyl halides is 4. The van der Waals surface area contributed by atoms with Gasteiger partial charge in [-0.15, -0.1) is 0 Å². The molecule has 0 saturated carbocycles. The van der Waals surface area contributed by atoms with Crippen molar-refractivity contribution >= 4 is 5.97 Å². The molecule has 0 fully saturated rings. The highest BCUT2D eigenvalue weighted by molar-refractivity contribution is 5.76. The van der Waals surface area contributed by atoms with Crippen LogP contribution in [0.3, 0.4) is 0 Å². The molecule has 0 radical (unpaired) electrons. The van der Waals surface area contributed by atoms with Gasteiger partial charge in [0.2, 0.25) is 6.17 Å². The van der Waals surface area contributed by atoms with Gasteiger partial charge in [0.1, 0.15) is 0 Å². The minimum Gasteiger partial charge on any atom is -0.467 e. The Balaban J connectivity index is 2.91. The fourth-order valence-corrected chi connectivity index (χ4v) is 1.08. The lowest BCUT2D eigenvalue weighted by molar-refractivity contribution is -0.146. The Bertz CT molecular complexity index is 369. The first kappa shape index (κ1) is 12.5. The van der Waals surface area contributed by atoms with E-state index >= 15 is 0 Å². The number of halogens is 4. The summed E-state index contributed by atoms with van der Waals surface area (Å²) in [5, 5.41) is 0. The molecule has 1 atom stereocenters. The summed E-state index contributed by atoms with van der Waals surface area (Å²) < 4.78 is 53.8. The summed E-state index contributed by atoms with van der Waals surface area (Å²) in [6.45, 7) is 0. The Labute approximate surface area is 88.8 Å². The third-order valence-electron chi connectivity index (χ3n) is 1.94. The molecule has 1 rings (SSSR count). The third kappa shape index (κ3) is 2.71. The first-order valence-corrected chi connectivity index (χ1v) is 4.25. The minimum absolute atomic E-state index is 0.167. The van der Waals surface area contributed by atoms with Gasteiger partial charge in [0.25, 0.3) is 0 Å². The van der Waals surface area contributed by atoms with E-state index in [9.17, 15) is 22.4 Å². The van der Waals surface area contributed by atoms with Crippen molar-refractivity contribution in [3.63, 3.8) is 0 Å². The van der Waals surface area contributed by atoms with Crippen LogP contribution in [0, 0.1) is 0 Å². The van der Waals surface area contributed by atoms with E-state index in [1.807, 2.05) is 0 Å². The summed E-state index contributed by atoms with van der Waals surface area (Å²) in [6.07, 6.45) is -6.54. The summed E-state index contributed by atoms with van der Waals surface area (Å²) in [4.78, 5) is 10.8. The Morgan fingerprint density at radius 1 is 1.25 bits per heavy atom. The number of hydrogen-bond acceptors (Lipinski definition) is 2. The number of benzene rings is 1. The maximum absolute atomic E-state index is 13.2. The molecule has 0 aliphatic heterocycles. The standard InChI is InChI=1S/C10H8F4O2/c1-16-9(15)8(11)6-2-4-7(5-3-6)10(12,13)14/h2-5,8H,1H3. The molecule has 6 heteroatoms. The number of hydrogen-bond donors (Lipinski definition) is 0. The van der Waals surface area contributed by atoms with Crippen molar-refractivity contribution in [3.05, 3.63) is 35.4 Å². The van der Waals surface area contributed by atoms with Crippen molar-refractivity contribution in [3.8, 4) is 0 Å². The quantitative estimate of drug-likeness (QED) is 0.583. The molecule has 1 unspecified atom stereocenters. The van der Waals surface area contributed by atoms with Gasteiger partial charge in [-0.1, -0.05) is 12.1 Å². The lowest BCUT2D eigenvalue weighted by Crippen LogP contribution is -2.10. The van der Waals surface area contributed by atoms with Crippen molar-refractivity contribution in [1.29, 1.82) is 0 Å². The highest BCUT2D eigenvalue weighted by Gasteiger charge is 2.30. The van der Waals surface area contributed by atoms with Crippen LogP contribution in [0.5, 0.6) is 0 Å². The predicted octanol–water partition coefficient (Wildman–Crippen LogP) is 2.89. The van der Waals surface area contributed by atoms with E-state index < -0.39 is 23.9 Å². The van der Waals surface area contributed by atoms with Crippen molar-refractivity contribution in [1.82, 2.24) is 0 Å². The highest BCUT2D eigenvalue weighted by atomic mass is 19.4. The number of carbonyl (C=O) groups is 1. The Morgan fingerprint density at radius 2 is 1.75 bits per heavy atom. The second kappa shape index (κ2) is 4.51. The highest BCUT2D eigenvalue weighted by Crippen LogP contribution is 2.30. The number of rotatable bonds is 2. The molecule has 0 N–H and O–H groups in total. The first-order valence-electron chi connectivity index (χ1n) is 4.25. The lowest BCUT2D eigenvalue weighted by atomic mass is 10.1. The van der Waals surface area contributed by atoms with Gasteiger partial charge in [-0.3, -0.25) is 0 Å². The van der Waals surface area contributed by atoms with Crippen LogP contribution in [0.25, 0.3) is 0 Å². The fourth-order valence-electron chi connectivity index (χ4n) is 1.08. The topological polar surface area (TPSA) is 26.3 Å². The maximum Gasteiger partial charge on any atom is 0.416 e. The molecular formula is C10H8F4O2. The van der Waals surface area contributed by atoms with Gasteiger partial charge in [0, 0.05) is 0 Å². The molecule has 0 aliphatic rings. The van der Waals surface area contributed by atoms with Crippen LogP contribution >= 0.6 is 0 Å². The second-order valence-corrected chi connectivity index (χ2v) is 3.01. The van der Waals surface area contributed by atoms with E-state index in [1.54, 1.807) is 0 Å². The predicted molar refractivity (Wildman–Crippen MR) is 47.3 cm³/mol. The largest absolute Gasteiger partial charge is 0.467 e. The van der Waals surface area contributed by atoms with Crippen LogP contribution in [-0.4, -0.2) is 13.1 Å². The van der Waals surface area contributed by atoms with Gasteiger partial charge in [0.15, 0.2) is 0 Å². The average Bonchev–Trinajstić information content (AvgIpc) is 2.26. The molecular weight excluding hydrogens is 228 g/mol. The third-order valence-corrected chi connectivity index (χ3v) is 1.94. The summed E-state index contributed by atoms with van der Waals surface area (Å²) in [7, 11) is 0.999. The first-order chi connectivity index (χ1) is 7.36. The zero-order valence-corrected chi connectivity index (χ0v) is 8.22. The van der Waals surface area contributed by atoms with Gasteiger partial charge in [-0.25, -0.2) is 9.18 Å². The van der Waals surface area contributed by atoms with Gasteiger partial charge < -0.3 is 4.74 Å². The van der Waals surface area contributed by atoms with Crippen molar-refractivity contribution in [2.45, 2.75) is 12.3 Å². The van der Waals surface area contributed by atoms with Crippen LogP contribution in [0.1, 0.15) is 17.3 Å². The zero-order valence-electron chi connectivity index (χ0n) is 8.22. The van der Waals surface area contributed by atoms with Crippen LogP contribution in [0.15, 0.2) is 24.3 Å². The van der Waals surface area contributed by atoms with Crippen LogP contribution in [0.4, 0.5) is 17.6 Å². The van der Waals surface area contributed by atoms with Gasteiger partial charge in [-0.2, -0.15) is 13.2 Å². The zero-order chi connectivity index (χ0) is 12.3. The average molecular weight is 236 g/mol. The molecule has 0 aromatic heterocycles. The summed E-state index contributed by atoms with van der Waals surface area (Å²) >= 11 is 0. The SMILES string of the molecule is COC(=O)C(F)c1ccc(C(F)(F)F)cc1. The lowest BCUT2D eigenvalue weighted by Gasteiger charge is -2.09. The molecule has 2 nitrogen and oxygen atoms in total. The second-order valence-electron chi connectivity index (χ2n) is 3.01. The summed E-state index contributed by atoms with van der Waals surface area (Å²) in [5.74, 6) is -1.14. The molecule has 1 aromatic carbocycles. The Morgan fingerprint density at radius 3 is 2.12 bits per heavy atom. The Kier molecular flexibility index (Phi) is 3.51. The monoisotopic (exact) mass is 236 g/mol. The number of methoxy groups -OCH3 is 1. The summed E-state index contributed by atoms with van der Waals surface area (Å²) in [5.41, 5.74) is -1.06. The molecule has 0 bridgehead atoms. The normalized spacial score (nSPS) is 13.3. The number of ether oxygens (including phenoxy) is 1. The molecule has 1 aromatic rings. The van der Waals surface area contributed by atoms with Crippen molar-refractivity contribution < 1.29 is 27.1 Å². The summed E-state index contributed by atoms with van der Waals surface area (Å²) in [6, 6.07) is 3.24. The molecule has 88 valence electrons. The van der Waals surface area contributed by atoms with E-state index in [0.29, 0.717) is 12.1 Å². The molecule has 0 saturated heterocycles. The van der Waals surface area contributed by atoms with Crippen LogP contribution < -0.4 is 0 Å². The van der Waals surface area contributed by atoms with E-state index in [0.717, 1.165) is 19.2 Å². The minimum atomic E-state index is -4.48. The molecule has 16 heavy (non-hydrogen) atoms. The van der Waals surface area contributed by atoms with E-state index in [2.05, 4.69) is 4.74 Å². The Hall–Kier alpha value is -1.59. The molecule has 0 spiro atoms. The fraction of sp³-hybridized carbons (Fsp3) is 0.300. The van der Waals surface area contributed by atoms with E-state index in [1.165, 1.54) is 0 Å². The van der Waals surface area contributed by atoms with Crippen molar-refractivity contribution in [2.24, 2.45) is 0 Å². The van der Waals surface area contributed by atoms with Gasteiger partial charge in [-0.05, 0) is 17.7 Å². The maximum atomic E-state index is 13.2. The van der Waals surface area contributed by atoms with Crippen LogP contribution in [0.2, 0.25) is 0 Å². The molecule has 0 heterocycles. The molecule has 0 aliphatic carbocycles. The molecule has 0 amide bonds. The van der Waals surface area contributed by atoms with Gasteiger partial charge in [0.05, 0.1) is 12.7 Å². The van der Waals surface area contributed by atoms with Crippen molar-refractivity contribution in [2.75, 3.05) is 7.11 Å².